The zero-order valence-corrected chi connectivity index (χ0v) is 16.7. The van der Waals surface area contributed by atoms with Gasteiger partial charge in [-0.05, 0) is 43.0 Å². The van der Waals surface area contributed by atoms with E-state index in [4.69, 9.17) is 9.47 Å². The Balaban J connectivity index is 2.62. The lowest BCUT2D eigenvalue weighted by atomic mass is 10.0. The average Bonchev–Trinajstić information content (AvgIpc) is 2.62. The summed E-state index contributed by atoms with van der Waals surface area (Å²) in [6, 6.07) is 5.80. The van der Waals surface area contributed by atoms with E-state index in [2.05, 4.69) is 10.6 Å². The second-order valence-electron chi connectivity index (χ2n) is 6.96. The van der Waals surface area contributed by atoms with Gasteiger partial charge in [0.1, 0.15) is 11.8 Å². The minimum absolute atomic E-state index is 0.192. The number of hydrogen-bond donors (Lipinski definition) is 2. The Morgan fingerprint density at radius 3 is 2.19 bits per heavy atom. The SMILES string of the molecule is CCOc1ccc(C(=O)NC(C(=O)OCC(=O)NCC(C)C)C(C)C)cc1. The van der Waals surface area contributed by atoms with E-state index in [1.165, 1.54) is 0 Å². The van der Waals surface area contributed by atoms with Crippen LogP contribution < -0.4 is 15.4 Å². The molecule has 1 aromatic carbocycles. The van der Waals surface area contributed by atoms with Crippen LogP contribution in [0, 0.1) is 11.8 Å². The summed E-state index contributed by atoms with van der Waals surface area (Å²) < 4.78 is 10.4. The van der Waals surface area contributed by atoms with Crippen molar-refractivity contribution in [2.24, 2.45) is 11.8 Å². The van der Waals surface area contributed by atoms with Crippen LogP contribution in [0.3, 0.4) is 0 Å². The molecule has 27 heavy (non-hydrogen) atoms. The molecular formula is C20H30N2O5. The summed E-state index contributed by atoms with van der Waals surface area (Å²) in [5.74, 6) is -0.607. The van der Waals surface area contributed by atoms with Gasteiger partial charge in [-0.1, -0.05) is 27.7 Å². The Bertz CT molecular complexity index is 626. The van der Waals surface area contributed by atoms with Gasteiger partial charge in [-0.3, -0.25) is 9.59 Å². The van der Waals surface area contributed by atoms with Gasteiger partial charge in [0.25, 0.3) is 11.8 Å². The summed E-state index contributed by atoms with van der Waals surface area (Å²) in [4.78, 5) is 36.4. The van der Waals surface area contributed by atoms with Crippen molar-refractivity contribution in [3.63, 3.8) is 0 Å². The van der Waals surface area contributed by atoms with Gasteiger partial charge in [-0.2, -0.15) is 0 Å². The zero-order valence-electron chi connectivity index (χ0n) is 16.7. The van der Waals surface area contributed by atoms with Crippen molar-refractivity contribution in [2.75, 3.05) is 19.8 Å². The van der Waals surface area contributed by atoms with E-state index in [9.17, 15) is 14.4 Å². The van der Waals surface area contributed by atoms with Crippen LogP contribution in [-0.4, -0.2) is 43.6 Å². The van der Waals surface area contributed by atoms with Crippen LogP contribution in [-0.2, 0) is 14.3 Å². The standard InChI is InChI=1S/C20H30N2O5/c1-6-26-16-9-7-15(8-10-16)19(24)22-18(14(4)5)20(25)27-12-17(23)21-11-13(2)3/h7-10,13-14,18H,6,11-12H2,1-5H3,(H,21,23)(H,22,24). The van der Waals surface area contributed by atoms with Gasteiger partial charge in [0.2, 0.25) is 0 Å². The van der Waals surface area contributed by atoms with Gasteiger partial charge in [0.05, 0.1) is 6.61 Å². The first kappa shape index (κ1) is 22.5. The zero-order chi connectivity index (χ0) is 20.4. The molecule has 2 amide bonds. The second-order valence-corrected chi connectivity index (χ2v) is 6.96. The Kier molecular flexibility index (Phi) is 9.33. The molecule has 0 aliphatic carbocycles. The lowest BCUT2D eigenvalue weighted by Gasteiger charge is -2.21. The highest BCUT2D eigenvalue weighted by Gasteiger charge is 2.26. The topological polar surface area (TPSA) is 93.7 Å². The van der Waals surface area contributed by atoms with Crippen molar-refractivity contribution < 1.29 is 23.9 Å². The van der Waals surface area contributed by atoms with Gasteiger partial charge in [0, 0.05) is 12.1 Å². The largest absolute Gasteiger partial charge is 0.494 e. The van der Waals surface area contributed by atoms with E-state index < -0.39 is 17.9 Å². The Labute approximate surface area is 160 Å². The van der Waals surface area contributed by atoms with E-state index in [-0.39, 0.29) is 18.4 Å². The molecule has 0 aliphatic heterocycles. The number of nitrogens with one attached hydrogen (secondary N) is 2. The van der Waals surface area contributed by atoms with Gasteiger partial charge < -0.3 is 20.1 Å². The highest BCUT2D eigenvalue weighted by atomic mass is 16.5. The van der Waals surface area contributed by atoms with E-state index in [1.807, 2.05) is 20.8 Å². The molecule has 0 radical (unpaired) electrons. The molecule has 0 aromatic heterocycles. The molecule has 1 aromatic rings. The molecule has 150 valence electrons. The van der Waals surface area contributed by atoms with Crippen LogP contribution in [0.1, 0.15) is 45.0 Å². The number of carbonyl (C=O) groups excluding carboxylic acids is 3. The van der Waals surface area contributed by atoms with Crippen molar-refractivity contribution in [3.05, 3.63) is 29.8 Å². The fourth-order valence-electron chi connectivity index (χ4n) is 2.19. The van der Waals surface area contributed by atoms with Crippen LogP contribution in [0.15, 0.2) is 24.3 Å². The summed E-state index contributed by atoms with van der Waals surface area (Å²) in [5, 5.41) is 5.34. The third-order valence-electron chi connectivity index (χ3n) is 3.69. The molecule has 1 unspecified atom stereocenters. The number of esters is 1. The fourth-order valence-corrected chi connectivity index (χ4v) is 2.19. The molecule has 0 saturated heterocycles. The monoisotopic (exact) mass is 378 g/mol. The molecule has 7 nitrogen and oxygen atoms in total. The lowest BCUT2D eigenvalue weighted by Crippen LogP contribution is -2.46. The van der Waals surface area contributed by atoms with E-state index in [0.717, 1.165) is 0 Å². The third-order valence-corrected chi connectivity index (χ3v) is 3.69. The van der Waals surface area contributed by atoms with E-state index in [0.29, 0.717) is 30.4 Å². The molecule has 1 atom stereocenters. The molecule has 2 N–H and O–H groups in total. The number of rotatable bonds is 10. The highest BCUT2D eigenvalue weighted by molar-refractivity contribution is 5.97. The highest BCUT2D eigenvalue weighted by Crippen LogP contribution is 2.13. The summed E-state index contributed by atoms with van der Waals surface area (Å²) in [6.07, 6.45) is 0. The normalized spacial score (nSPS) is 11.8. The molecule has 0 aliphatic rings. The second kappa shape index (κ2) is 11.2. The Morgan fingerprint density at radius 2 is 1.67 bits per heavy atom. The summed E-state index contributed by atoms with van der Waals surface area (Å²) in [6.45, 7) is 10.1. The van der Waals surface area contributed by atoms with Crippen molar-refractivity contribution in [1.82, 2.24) is 10.6 Å². The molecule has 7 heteroatoms. The van der Waals surface area contributed by atoms with Gasteiger partial charge in [-0.25, -0.2) is 4.79 Å². The Hall–Kier alpha value is -2.57. The molecule has 1 rings (SSSR count). The minimum Gasteiger partial charge on any atom is -0.494 e. The van der Waals surface area contributed by atoms with Crippen molar-refractivity contribution in [2.45, 2.75) is 40.7 Å². The first-order chi connectivity index (χ1) is 12.7. The first-order valence-corrected chi connectivity index (χ1v) is 9.21. The van der Waals surface area contributed by atoms with Crippen LogP contribution >= 0.6 is 0 Å². The molecule has 0 spiro atoms. The minimum atomic E-state index is -0.845. The van der Waals surface area contributed by atoms with Crippen LogP contribution in [0.25, 0.3) is 0 Å². The third kappa shape index (κ3) is 8.11. The number of hydrogen-bond acceptors (Lipinski definition) is 5. The Morgan fingerprint density at radius 1 is 1.04 bits per heavy atom. The van der Waals surface area contributed by atoms with Gasteiger partial charge in [-0.15, -0.1) is 0 Å². The maximum Gasteiger partial charge on any atom is 0.329 e. The summed E-state index contributed by atoms with van der Waals surface area (Å²) in [7, 11) is 0. The molecular weight excluding hydrogens is 348 g/mol. The van der Waals surface area contributed by atoms with Crippen molar-refractivity contribution in [1.29, 1.82) is 0 Å². The van der Waals surface area contributed by atoms with E-state index in [1.54, 1.807) is 38.1 Å². The van der Waals surface area contributed by atoms with Crippen molar-refractivity contribution in [3.8, 4) is 5.75 Å². The maximum atomic E-state index is 12.4. The number of ether oxygens (including phenoxy) is 2. The molecule has 0 bridgehead atoms. The predicted molar refractivity (Wildman–Crippen MR) is 103 cm³/mol. The molecule has 0 fully saturated rings. The van der Waals surface area contributed by atoms with Crippen LogP contribution in [0.2, 0.25) is 0 Å². The first-order valence-electron chi connectivity index (χ1n) is 9.21. The van der Waals surface area contributed by atoms with E-state index >= 15 is 0 Å². The summed E-state index contributed by atoms with van der Waals surface area (Å²) >= 11 is 0. The molecule has 0 heterocycles. The predicted octanol–water partition coefficient (Wildman–Crippen LogP) is 2.16. The summed E-state index contributed by atoms with van der Waals surface area (Å²) in [5.41, 5.74) is 0.409. The fraction of sp³-hybridized carbons (Fsp3) is 0.550. The van der Waals surface area contributed by atoms with Gasteiger partial charge >= 0.3 is 5.97 Å². The quantitative estimate of drug-likeness (QED) is 0.609. The maximum absolute atomic E-state index is 12.4. The lowest BCUT2D eigenvalue weighted by molar-refractivity contribution is -0.151. The average molecular weight is 378 g/mol. The van der Waals surface area contributed by atoms with Crippen LogP contribution in [0.4, 0.5) is 0 Å². The number of benzene rings is 1. The van der Waals surface area contributed by atoms with Gasteiger partial charge in [0.15, 0.2) is 6.61 Å². The van der Waals surface area contributed by atoms with Crippen LogP contribution in [0.5, 0.6) is 5.75 Å². The number of carbonyl (C=O) groups is 3. The molecule has 0 saturated carbocycles. The smallest absolute Gasteiger partial charge is 0.329 e. The number of amides is 2. The van der Waals surface area contributed by atoms with Crippen molar-refractivity contribution >= 4 is 17.8 Å².